The lowest BCUT2D eigenvalue weighted by Gasteiger charge is -2.28. The first-order valence-corrected chi connectivity index (χ1v) is 8.10. The maximum Gasteiger partial charge on any atom is 0.267 e. The molecule has 112 valence electrons. The molecule has 2 aromatic rings. The van der Waals surface area contributed by atoms with Crippen LogP contribution in [0.25, 0.3) is 10.9 Å². The van der Waals surface area contributed by atoms with E-state index in [4.69, 9.17) is 11.6 Å². The summed E-state index contributed by atoms with van der Waals surface area (Å²) < 4.78 is 0. The lowest BCUT2D eigenvalue weighted by molar-refractivity contribution is 0.0915. The van der Waals surface area contributed by atoms with Gasteiger partial charge >= 0.3 is 0 Å². The van der Waals surface area contributed by atoms with Crippen LogP contribution >= 0.6 is 11.6 Å². The molecule has 1 aliphatic carbocycles. The zero-order chi connectivity index (χ0) is 14.8. The van der Waals surface area contributed by atoms with Crippen molar-refractivity contribution in [2.75, 3.05) is 0 Å². The predicted molar refractivity (Wildman–Crippen MR) is 86.8 cm³/mol. The average Bonchev–Trinajstić information content (AvgIpc) is 2.91. The van der Waals surface area contributed by atoms with Crippen molar-refractivity contribution in [3.05, 3.63) is 35.0 Å². The second-order valence-corrected chi connectivity index (χ2v) is 6.51. The number of benzene rings is 1. The van der Waals surface area contributed by atoms with Crippen LogP contribution in [0.5, 0.6) is 0 Å². The molecule has 1 unspecified atom stereocenters. The lowest BCUT2D eigenvalue weighted by Crippen LogP contribution is -2.39. The summed E-state index contributed by atoms with van der Waals surface area (Å²) in [5, 5.41) is 4.79. The molecule has 3 rings (SSSR count). The van der Waals surface area contributed by atoms with E-state index in [1.165, 1.54) is 32.1 Å². The van der Waals surface area contributed by atoms with Crippen molar-refractivity contribution in [3.63, 3.8) is 0 Å². The minimum atomic E-state index is -0.0274. The summed E-state index contributed by atoms with van der Waals surface area (Å²) in [6, 6.07) is 7.69. The van der Waals surface area contributed by atoms with E-state index in [9.17, 15) is 4.79 Å². The van der Waals surface area contributed by atoms with Crippen LogP contribution in [0.1, 0.15) is 49.5 Å². The molecule has 21 heavy (non-hydrogen) atoms. The Morgan fingerprint density at radius 1 is 1.29 bits per heavy atom. The van der Waals surface area contributed by atoms with Crippen molar-refractivity contribution in [3.8, 4) is 0 Å². The molecular weight excluding hydrogens is 284 g/mol. The standard InChI is InChI=1S/C17H21ClN2O/c1-11(12-5-3-2-4-6-12)19-17(21)16-10-13-9-14(18)7-8-15(13)20-16/h7-12,20H,2-6H2,1H3,(H,19,21). The Morgan fingerprint density at radius 3 is 2.81 bits per heavy atom. The quantitative estimate of drug-likeness (QED) is 0.860. The molecule has 0 aliphatic heterocycles. The normalized spacial score (nSPS) is 17.8. The minimum absolute atomic E-state index is 0.0274. The van der Waals surface area contributed by atoms with Crippen LogP contribution in [0.2, 0.25) is 5.02 Å². The third-order valence-corrected chi connectivity index (χ3v) is 4.78. The van der Waals surface area contributed by atoms with Crippen LogP contribution < -0.4 is 5.32 Å². The van der Waals surface area contributed by atoms with Gasteiger partial charge in [0.25, 0.3) is 5.91 Å². The molecule has 1 aromatic carbocycles. The highest BCUT2D eigenvalue weighted by molar-refractivity contribution is 6.31. The van der Waals surface area contributed by atoms with Crippen LogP contribution in [0, 0.1) is 5.92 Å². The molecule has 1 aromatic heterocycles. The maximum absolute atomic E-state index is 12.4. The van der Waals surface area contributed by atoms with Gasteiger partial charge in [-0.05, 0) is 49.9 Å². The van der Waals surface area contributed by atoms with E-state index in [1.54, 1.807) is 0 Å². The second-order valence-electron chi connectivity index (χ2n) is 6.07. The first-order chi connectivity index (χ1) is 10.1. The van der Waals surface area contributed by atoms with Crippen LogP contribution in [-0.2, 0) is 0 Å². The van der Waals surface area contributed by atoms with Crippen LogP contribution in [0.4, 0.5) is 0 Å². The monoisotopic (exact) mass is 304 g/mol. The molecule has 1 atom stereocenters. The molecule has 1 amide bonds. The topological polar surface area (TPSA) is 44.9 Å². The molecule has 2 N–H and O–H groups in total. The zero-order valence-corrected chi connectivity index (χ0v) is 13.0. The highest BCUT2D eigenvalue weighted by Crippen LogP contribution is 2.26. The van der Waals surface area contributed by atoms with E-state index in [0.29, 0.717) is 16.6 Å². The number of nitrogens with one attached hydrogen (secondary N) is 2. The highest BCUT2D eigenvalue weighted by atomic mass is 35.5. The van der Waals surface area contributed by atoms with Crippen LogP contribution in [0.15, 0.2) is 24.3 Å². The number of halogens is 1. The van der Waals surface area contributed by atoms with E-state index in [2.05, 4.69) is 17.2 Å². The number of hydrogen-bond acceptors (Lipinski definition) is 1. The molecule has 0 bridgehead atoms. The van der Waals surface area contributed by atoms with Gasteiger partial charge in [0.15, 0.2) is 0 Å². The maximum atomic E-state index is 12.4. The van der Waals surface area contributed by atoms with E-state index >= 15 is 0 Å². The SMILES string of the molecule is CC(NC(=O)c1cc2cc(Cl)ccc2[nH]1)C1CCCCC1. The zero-order valence-electron chi connectivity index (χ0n) is 12.3. The Balaban J connectivity index is 1.71. The number of fused-ring (bicyclic) bond motifs is 1. The van der Waals surface area contributed by atoms with Gasteiger partial charge in [-0.3, -0.25) is 4.79 Å². The number of carbonyl (C=O) groups excluding carboxylic acids is 1. The molecule has 1 aliphatic rings. The minimum Gasteiger partial charge on any atom is -0.351 e. The largest absolute Gasteiger partial charge is 0.351 e. The molecule has 1 fully saturated rings. The fourth-order valence-electron chi connectivity index (χ4n) is 3.26. The summed E-state index contributed by atoms with van der Waals surface area (Å²) in [7, 11) is 0. The van der Waals surface area contributed by atoms with Crippen molar-refractivity contribution in [2.24, 2.45) is 5.92 Å². The molecule has 4 heteroatoms. The number of hydrogen-bond donors (Lipinski definition) is 2. The summed E-state index contributed by atoms with van der Waals surface area (Å²) in [5.41, 5.74) is 1.55. The lowest BCUT2D eigenvalue weighted by atomic mass is 9.84. The van der Waals surface area contributed by atoms with Gasteiger partial charge in [0.2, 0.25) is 0 Å². The Kier molecular flexibility index (Phi) is 4.20. The van der Waals surface area contributed by atoms with E-state index in [1.807, 2.05) is 24.3 Å². The molecule has 0 spiro atoms. The van der Waals surface area contributed by atoms with Crippen molar-refractivity contribution in [1.82, 2.24) is 10.3 Å². The number of aromatic nitrogens is 1. The average molecular weight is 305 g/mol. The number of carbonyl (C=O) groups is 1. The Bertz CT molecular complexity index is 643. The Labute approximate surface area is 130 Å². The fourth-order valence-corrected chi connectivity index (χ4v) is 3.44. The smallest absolute Gasteiger partial charge is 0.267 e. The summed E-state index contributed by atoms with van der Waals surface area (Å²) >= 11 is 5.98. The number of aromatic amines is 1. The predicted octanol–water partition coefficient (Wildman–Crippen LogP) is 4.52. The van der Waals surface area contributed by atoms with Crippen molar-refractivity contribution >= 4 is 28.4 Å². The van der Waals surface area contributed by atoms with Crippen molar-refractivity contribution < 1.29 is 4.79 Å². The third kappa shape index (κ3) is 3.24. The van der Waals surface area contributed by atoms with E-state index in [-0.39, 0.29) is 11.9 Å². The third-order valence-electron chi connectivity index (χ3n) is 4.54. The number of H-pyrrole nitrogens is 1. The number of rotatable bonds is 3. The second kappa shape index (κ2) is 6.10. The van der Waals surface area contributed by atoms with Gasteiger partial charge in [-0.25, -0.2) is 0 Å². The first-order valence-electron chi connectivity index (χ1n) is 7.72. The van der Waals surface area contributed by atoms with Gasteiger partial charge in [0.05, 0.1) is 0 Å². The summed E-state index contributed by atoms with van der Waals surface area (Å²) in [6.45, 7) is 2.12. The van der Waals surface area contributed by atoms with E-state index in [0.717, 1.165) is 10.9 Å². The summed E-state index contributed by atoms with van der Waals surface area (Å²) in [5.74, 6) is 0.585. The number of amides is 1. The van der Waals surface area contributed by atoms with Gasteiger partial charge in [-0.15, -0.1) is 0 Å². The molecule has 1 saturated carbocycles. The van der Waals surface area contributed by atoms with E-state index < -0.39 is 0 Å². The molecule has 0 saturated heterocycles. The van der Waals surface area contributed by atoms with Gasteiger partial charge in [-0.1, -0.05) is 30.9 Å². The molecular formula is C17H21ClN2O. The summed E-state index contributed by atoms with van der Waals surface area (Å²) in [6.07, 6.45) is 6.36. The van der Waals surface area contributed by atoms with Crippen LogP contribution in [-0.4, -0.2) is 16.9 Å². The Morgan fingerprint density at radius 2 is 2.05 bits per heavy atom. The van der Waals surface area contributed by atoms with Crippen molar-refractivity contribution in [1.29, 1.82) is 0 Å². The first kappa shape index (κ1) is 14.5. The van der Waals surface area contributed by atoms with Crippen LogP contribution in [0.3, 0.4) is 0 Å². The highest BCUT2D eigenvalue weighted by Gasteiger charge is 2.22. The van der Waals surface area contributed by atoms with Gasteiger partial charge < -0.3 is 10.3 Å². The van der Waals surface area contributed by atoms with Crippen molar-refractivity contribution in [2.45, 2.75) is 45.1 Å². The van der Waals surface area contributed by atoms with Gasteiger partial charge in [0, 0.05) is 22.0 Å². The molecule has 0 radical (unpaired) electrons. The molecule has 3 nitrogen and oxygen atoms in total. The van der Waals surface area contributed by atoms with Gasteiger partial charge in [-0.2, -0.15) is 0 Å². The van der Waals surface area contributed by atoms with Gasteiger partial charge in [0.1, 0.15) is 5.69 Å². The fraction of sp³-hybridized carbons (Fsp3) is 0.471. The Hall–Kier alpha value is -1.48. The summed E-state index contributed by atoms with van der Waals surface area (Å²) in [4.78, 5) is 15.5. The molecule has 1 heterocycles.